The average molecular weight is 372 g/mol. The molecule has 26 heavy (non-hydrogen) atoms. The van der Waals surface area contributed by atoms with Gasteiger partial charge in [0.2, 0.25) is 11.2 Å². The molecule has 0 saturated carbocycles. The highest BCUT2D eigenvalue weighted by Crippen LogP contribution is 2.37. The van der Waals surface area contributed by atoms with Crippen LogP contribution in [0.15, 0.2) is 55.0 Å². The number of benzene rings is 2. The number of carbonyl (C=O) groups excluding carboxylic acids is 1. The molecule has 3 aromatic rings. The van der Waals surface area contributed by atoms with Gasteiger partial charge < -0.3 is 9.67 Å². The molecule has 1 unspecified atom stereocenters. The average Bonchev–Trinajstić information content (AvgIpc) is 3.23. The Morgan fingerprint density at radius 2 is 1.96 bits per heavy atom. The zero-order valence-electron chi connectivity index (χ0n) is 13.3. The van der Waals surface area contributed by atoms with Crippen molar-refractivity contribution in [1.29, 1.82) is 0 Å². The number of phenols is 1. The Balaban J connectivity index is 1.77. The molecule has 2 aromatic carbocycles. The molecule has 1 aromatic heterocycles. The molecule has 7 nitrogen and oxygen atoms in total. The van der Waals surface area contributed by atoms with Crippen LogP contribution in [0.4, 0.5) is 10.1 Å². The van der Waals surface area contributed by atoms with Crippen LogP contribution in [-0.2, 0) is 16.0 Å². The van der Waals surface area contributed by atoms with Gasteiger partial charge in [0.1, 0.15) is 18.0 Å². The highest BCUT2D eigenvalue weighted by Gasteiger charge is 2.32. The molecule has 2 N–H and O–H groups in total. The first-order chi connectivity index (χ1) is 12.5. The predicted octanol–water partition coefficient (Wildman–Crippen LogP) is 1.90. The number of hydrogen-bond donors (Lipinski definition) is 2. The summed E-state index contributed by atoms with van der Waals surface area (Å²) in [6.07, 6.45) is 3.20. The summed E-state index contributed by atoms with van der Waals surface area (Å²) in [7, 11) is 0. The molecule has 1 aliphatic rings. The molecule has 1 saturated heterocycles. The maximum atomic E-state index is 15.1. The van der Waals surface area contributed by atoms with Gasteiger partial charge in [-0.3, -0.25) is 13.8 Å². The minimum Gasteiger partial charge on any atom is -0.506 e. The number of aromatic hydroxyl groups is 1. The second-order valence-corrected chi connectivity index (χ2v) is 6.75. The number of amides is 1. The van der Waals surface area contributed by atoms with Gasteiger partial charge in [-0.25, -0.2) is 13.6 Å². The lowest BCUT2D eigenvalue weighted by molar-refractivity contribution is -0.117. The molecule has 0 bridgehead atoms. The Hall–Kier alpha value is -3.20. The molecule has 1 amide bonds. The number of imidazole rings is 1. The molecular weight excluding hydrogens is 359 g/mol. The van der Waals surface area contributed by atoms with Crippen molar-refractivity contribution >= 4 is 22.8 Å². The number of halogens is 1. The third-order valence-corrected chi connectivity index (χ3v) is 5.06. The summed E-state index contributed by atoms with van der Waals surface area (Å²) in [5, 5.41) is 10.0. The molecule has 1 fully saturated rings. The maximum Gasteiger partial charge on any atom is 0.253 e. The van der Waals surface area contributed by atoms with Crippen LogP contribution in [-0.4, -0.2) is 31.3 Å². The SMILES string of the molecule is O=C1CN(c2c(O)ccc(-c3cn(-c4ccccc4)cn3)c2F)S(=O)N1. The molecule has 0 spiro atoms. The number of carbonyl (C=O) groups is 1. The Morgan fingerprint density at radius 1 is 1.19 bits per heavy atom. The Bertz CT molecular complexity index is 1020. The summed E-state index contributed by atoms with van der Waals surface area (Å²) in [6, 6.07) is 12.1. The minimum absolute atomic E-state index is 0.129. The molecular formula is C17H13FN4O3S. The van der Waals surface area contributed by atoms with E-state index in [1.807, 2.05) is 30.3 Å². The first-order valence-corrected chi connectivity index (χ1v) is 8.75. The van der Waals surface area contributed by atoms with Crippen molar-refractivity contribution in [3.05, 3.63) is 60.8 Å². The molecule has 132 valence electrons. The lowest BCUT2D eigenvalue weighted by Gasteiger charge is -2.17. The van der Waals surface area contributed by atoms with Gasteiger partial charge in [0.25, 0.3) is 5.91 Å². The molecule has 0 radical (unpaired) electrons. The van der Waals surface area contributed by atoms with E-state index in [-0.39, 0.29) is 17.8 Å². The second kappa shape index (κ2) is 6.26. The number of para-hydroxylation sites is 1. The van der Waals surface area contributed by atoms with Crippen LogP contribution in [0.25, 0.3) is 16.9 Å². The van der Waals surface area contributed by atoms with Crippen molar-refractivity contribution in [3.8, 4) is 22.7 Å². The summed E-state index contributed by atoms with van der Waals surface area (Å²) in [4.78, 5) is 15.6. The van der Waals surface area contributed by atoms with E-state index < -0.39 is 28.6 Å². The van der Waals surface area contributed by atoms with Crippen LogP contribution >= 0.6 is 0 Å². The molecule has 4 rings (SSSR count). The Morgan fingerprint density at radius 3 is 2.65 bits per heavy atom. The molecule has 1 aliphatic heterocycles. The first-order valence-electron chi connectivity index (χ1n) is 7.65. The third-order valence-electron chi connectivity index (χ3n) is 3.95. The van der Waals surface area contributed by atoms with E-state index in [2.05, 4.69) is 9.71 Å². The van der Waals surface area contributed by atoms with E-state index >= 15 is 4.39 Å². The summed E-state index contributed by atoms with van der Waals surface area (Å²) >= 11 is -1.94. The molecule has 1 atom stereocenters. The quantitative estimate of drug-likeness (QED) is 0.735. The minimum atomic E-state index is -1.94. The smallest absolute Gasteiger partial charge is 0.253 e. The summed E-state index contributed by atoms with van der Waals surface area (Å²) in [5.41, 5.74) is 1.04. The monoisotopic (exact) mass is 372 g/mol. The van der Waals surface area contributed by atoms with Crippen molar-refractivity contribution in [1.82, 2.24) is 14.3 Å². The summed E-state index contributed by atoms with van der Waals surface area (Å²) in [5.74, 6) is -1.72. The van der Waals surface area contributed by atoms with Crippen LogP contribution in [0.3, 0.4) is 0 Å². The van der Waals surface area contributed by atoms with Gasteiger partial charge in [0, 0.05) is 17.4 Å². The van der Waals surface area contributed by atoms with Gasteiger partial charge in [-0.1, -0.05) is 18.2 Å². The fourth-order valence-corrected chi connectivity index (χ4v) is 3.67. The number of anilines is 1. The standard InChI is InChI=1S/C17H13FN4O3S/c18-16-12(13-8-21(10-19-13)11-4-2-1-3-5-11)6-7-14(23)17(16)22-9-15(24)20-26(22)25/h1-8,10,23H,9H2,(H,20,24). The van der Waals surface area contributed by atoms with Crippen molar-refractivity contribution in [2.24, 2.45) is 0 Å². The number of nitrogens with one attached hydrogen (secondary N) is 1. The second-order valence-electron chi connectivity index (χ2n) is 5.61. The van der Waals surface area contributed by atoms with E-state index in [0.29, 0.717) is 5.69 Å². The van der Waals surface area contributed by atoms with E-state index in [1.165, 1.54) is 12.1 Å². The van der Waals surface area contributed by atoms with Crippen molar-refractivity contribution in [2.75, 3.05) is 10.8 Å². The first kappa shape index (κ1) is 16.3. The fourth-order valence-electron chi connectivity index (χ4n) is 2.73. The van der Waals surface area contributed by atoms with Crippen LogP contribution in [0.1, 0.15) is 0 Å². The number of aromatic nitrogens is 2. The number of phenolic OH excluding ortho intramolecular Hbond substituents is 1. The van der Waals surface area contributed by atoms with Crippen molar-refractivity contribution in [2.45, 2.75) is 0 Å². The Labute approximate surface area is 150 Å². The van der Waals surface area contributed by atoms with Gasteiger partial charge >= 0.3 is 0 Å². The lowest BCUT2D eigenvalue weighted by Crippen LogP contribution is -2.23. The van der Waals surface area contributed by atoms with Gasteiger partial charge in [-0.05, 0) is 24.3 Å². The van der Waals surface area contributed by atoms with E-state index in [4.69, 9.17) is 0 Å². The van der Waals surface area contributed by atoms with Crippen LogP contribution < -0.4 is 9.03 Å². The highest BCUT2D eigenvalue weighted by atomic mass is 32.2. The Kier molecular flexibility index (Phi) is 3.92. The van der Waals surface area contributed by atoms with Crippen LogP contribution in [0.5, 0.6) is 5.75 Å². The van der Waals surface area contributed by atoms with Crippen LogP contribution in [0, 0.1) is 5.82 Å². The van der Waals surface area contributed by atoms with Gasteiger partial charge in [0.05, 0.1) is 12.0 Å². The predicted molar refractivity (Wildman–Crippen MR) is 94.3 cm³/mol. The van der Waals surface area contributed by atoms with Crippen LogP contribution in [0.2, 0.25) is 0 Å². The fraction of sp³-hybridized carbons (Fsp3) is 0.0588. The lowest BCUT2D eigenvalue weighted by atomic mass is 10.1. The zero-order chi connectivity index (χ0) is 18.3. The van der Waals surface area contributed by atoms with Crippen molar-refractivity contribution in [3.63, 3.8) is 0 Å². The number of rotatable bonds is 3. The largest absolute Gasteiger partial charge is 0.506 e. The van der Waals surface area contributed by atoms with Crippen molar-refractivity contribution < 1.29 is 18.5 Å². The highest BCUT2D eigenvalue weighted by molar-refractivity contribution is 7.85. The van der Waals surface area contributed by atoms with E-state index in [9.17, 15) is 14.1 Å². The summed E-state index contributed by atoms with van der Waals surface area (Å²) < 4.78 is 31.9. The molecule has 9 heteroatoms. The van der Waals surface area contributed by atoms with Gasteiger partial charge in [-0.15, -0.1) is 0 Å². The molecule has 0 aliphatic carbocycles. The summed E-state index contributed by atoms with van der Waals surface area (Å²) in [6.45, 7) is -0.307. The normalized spacial score (nSPS) is 16.7. The maximum absolute atomic E-state index is 15.1. The molecule has 2 heterocycles. The number of hydrogen-bond acceptors (Lipinski definition) is 4. The number of nitrogens with zero attached hydrogens (tertiary/aromatic N) is 3. The topological polar surface area (TPSA) is 87.5 Å². The van der Waals surface area contributed by atoms with E-state index in [1.54, 1.807) is 17.1 Å². The van der Waals surface area contributed by atoms with Gasteiger partial charge in [0.15, 0.2) is 5.82 Å². The van der Waals surface area contributed by atoms with Gasteiger partial charge in [-0.2, -0.15) is 0 Å². The zero-order valence-corrected chi connectivity index (χ0v) is 14.1. The third kappa shape index (κ3) is 2.72. The van der Waals surface area contributed by atoms with E-state index in [0.717, 1.165) is 9.99 Å².